The Kier molecular flexibility index (Phi) is 4.72. The number of methoxy groups -OCH3 is 2. The van der Waals surface area contributed by atoms with E-state index in [0.717, 1.165) is 33.7 Å². The van der Waals surface area contributed by atoms with Crippen molar-refractivity contribution in [2.75, 3.05) is 19.5 Å². The summed E-state index contributed by atoms with van der Waals surface area (Å²) in [5.41, 5.74) is 4.52. The molecule has 34 heavy (non-hydrogen) atoms. The zero-order valence-electron chi connectivity index (χ0n) is 18.5. The predicted molar refractivity (Wildman–Crippen MR) is 124 cm³/mol. The molecule has 0 saturated carbocycles. The second-order valence-electron chi connectivity index (χ2n) is 8.05. The highest BCUT2D eigenvalue weighted by Gasteiger charge is 2.41. The largest absolute Gasteiger partial charge is 0.493 e. The van der Waals surface area contributed by atoms with E-state index in [1.54, 1.807) is 31.0 Å². The molecule has 0 fully saturated rings. The number of benzene rings is 3. The fraction of sp³-hybridized carbons (Fsp3) is 0.154. The second-order valence-corrected chi connectivity index (χ2v) is 8.05. The number of nitrogens with zero attached hydrogens (tertiary/aromatic N) is 3. The molecule has 1 N–H and O–H groups in total. The SMILES string of the molecule is COc1ccc(C2Oc3ccccc3C3=C2C(c2ccc(F)cc2)n2ncnc2N3)cc1OC. The van der Waals surface area contributed by atoms with Crippen LogP contribution in [0.4, 0.5) is 10.3 Å². The van der Waals surface area contributed by atoms with Crippen molar-refractivity contribution in [2.45, 2.75) is 12.1 Å². The molecule has 0 spiro atoms. The van der Waals surface area contributed by atoms with Gasteiger partial charge in [-0.3, -0.25) is 0 Å². The third-order valence-corrected chi connectivity index (χ3v) is 6.22. The molecule has 6 rings (SSSR count). The average molecular weight is 456 g/mol. The van der Waals surface area contributed by atoms with Gasteiger partial charge in [0.15, 0.2) is 11.5 Å². The normalized spacial score (nSPS) is 18.2. The summed E-state index contributed by atoms with van der Waals surface area (Å²) in [5, 5.41) is 7.94. The molecular formula is C26H21FN4O3. The lowest BCUT2D eigenvalue weighted by Gasteiger charge is -2.39. The van der Waals surface area contributed by atoms with Gasteiger partial charge in [-0.25, -0.2) is 9.07 Å². The van der Waals surface area contributed by atoms with Crippen molar-refractivity contribution in [1.82, 2.24) is 14.8 Å². The van der Waals surface area contributed by atoms with E-state index in [9.17, 15) is 4.39 Å². The molecular weight excluding hydrogens is 435 g/mol. The van der Waals surface area contributed by atoms with Gasteiger partial charge in [-0.2, -0.15) is 10.1 Å². The summed E-state index contributed by atoms with van der Waals surface area (Å²) >= 11 is 0. The summed E-state index contributed by atoms with van der Waals surface area (Å²) in [6.45, 7) is 0. The Hall–Kier alpha value is -4.33. The first-order valence-corrected chi connectivity index (χ1v) is 10.8. The van der Waals surface area contributed by atoms with Crippen LogP contribution in [0.5, 0.6) is 17.2 Å². The lowest BCUT2D eigenvalue weighted by Crippen LogP contribution is -2.32. The Labute approximate surface area is 195 Å². The third kappa shape index (κ3) is 3.10. The molecule has 170 valence electrons. The number of para-hydroxylation sites is 1. The number of halogens is 1. The fourth-order valence-corrected chi connectivity index (χ4v) is 4.67. The topological polar surface area (TPSA) is 70.4 Å². The van der Waals surface area contributed by atoms with Crippen LogP contribution in [0.2, 0.25) is 0 Å². The summed E-state index contributed by atoms with van der Waals surface area (Å²) in [5.74, 6) is 2.29. The molecule has 7 nitrogen and oxygen atoms in total. The van der Waals surface area contributed by atoms with Gasteiger partial charge in [-0.05, 0) is 42.0 Å². The lowest BCUT2D eigenvalue weighted by molar-refractivity contribution is 0.222. The van der Waals surface area contributed by atoms with Crippen molar-refractivity contribution in [3.8, 4) is 17.2 Å². The number of nitrogens with one attached hydrogen (secondary N) is 1. The van der Waals surface area contributed by atoms with E-state index in [1.165, 1.54) is 18.5 Å². The Morgan fingerprint density at radius 1 is 0.941 bits per heavy atom. The van der Waals surface area contributed by atoms with Gasteiger partial charge in [0.05, 0.1) is 19.9 Å². The number of fused-ring (bicyclic) bond motifs is 3. The molecule has 2 aliphatic heterocycles. The van der Waals surface area contributed by atoms with Crippen LogP contribution in [0.3, 0.4) is 0 Å². The molecule has 0 aliphatic carbocycles. The lowest BCUT2D eigenvalue weighted by atomic mass is 9.84. The fourth-order valence-electron chi connectivity index (χ4n) is 4.67. The molecule has 0 saturated heterocycles. The molecule has 4 aromatic rings. The van der Waals surface area contributed by atoms with Crippen molar-refractivity contribution in [2.24, 2.45) is 0 Å². The smallest absolute Gasteiger partial charge is 0.226 e. The molecule has 1 aromatic heterocycles. The summed E-state index contributed by atoms with van der Waals surface area (Å²) in [4.78, 5) is 4.42. The quantitative estimate of drug-likeness (QED) is 0.466. The third-order valence-electron chi connectivity index (χ3n) is 6.22. The van der Waals surface area contributed by atoms with Crippen LogP contribution >= 0.6 is 0 Å². The first kappa shape index (κ1) is 20.3. The van der Waals surface area contributed by atoms with Crippen LogP contribution in [-0.4, -0.2) is 29.0 Å². The number of rotatable bonds is 4. The first-order chi connectivity index (χ1) is 16.7. The van der Waals surface area contributed by atoms with Crippen LogP contribution in [-0.2, 0) is 0 Å². The van der Waals surface area contributed by atoms with Gasteiger partial charge in [0.1, 0.15) is 30.0 Å². The first-order valence-electron chi connectivity index (χ1n) is 10.8. The van der Waals surface area contributed by atoms with E-state index in [-0.39, 0.29) is 11.9 Å². The molecule has 0 radical (unpaired) electrons. The molecule has 3 aromatic carbocycles. The Bertz CT molecular complexity index is 1410. The zero-order chi connectivity index (χ0) is 23.2. The maximum atomic E-state index is 13.8. The van der Waals surface area contributed by atoms with Crippen LogP contribution in [0.1, 0.15) is 28.8 Å². The Morgan fingerprint density at radius 2 is 1.71 bits per heavy atom. The van der Waals surface area contributed by atoms with E-state index in [2.05, 4.69) is 15.4 Å². The van der Waals surface area contributed by atoms with Crippen LogP contribution < -0.4 is 19.5 Å². The van der Waals surface area contributed by atoms with E-state index >= 15 is 0 Å². The minimum atomic E-state index is -0.468. The molecule has 0 bridgehead atoms. The van der Waals surface area contributed by atoms with E-state index in [1.807, 2.05) is 42.5 Å². The summed E-state index contributed by atoms with van der Waals surface area (Å²) in [6.07, 6.45) is 1.04. The van der Waals surface area contributed by atoms with Crippen molar-refractivity contribution < 1.29 is 18.6 Å². The number of anilines is 1. The molecule has 3 heterocycles. The minimum absolute atomic E-state index is 0.299. The van der Waals surface area contributed by atoms with Crippen LogP contribution in [0.25, 0.3) is 5.70 Å². The monoisotopic (exact) mass is 456 g/mol. The van der Waals surface area contributed by atoms with Crippen LogP contribution in [0.15, 0.2) is 78.6 Å². The second kappa shape index (κ2) is 7.91. The summed E-state index contributed by atoms with van der Waals surface area (Å²) in [7, 11) is 3.21. The van der Waals surface area contributed by atoms with E-state index in [0.29, 0.717) is 17.4 Å². The molecule has 2 unspecified atom stereocenters. The Balaban J connectivity index is 1.60. The van der Waals surface area contributed by atoms with Crippen molar-refractivity contribution in [3.05, 3.63) is 101 Å². The molecule has 8 heteroatoms. The average Bonchev–Trinajstić information content (AvgIpc) is 3.35. The minimum Gasteiger partial charge on any atom is -0.493 e. The molecule has 2 atom stereocenters. The van der Waals surface area contributed by atoms with Gasteiger partial charge in [0.2, 0.25) is 5.95 Å². The standard InChI is InChI=1S/C26H21FN4O3/c1-32-20-12-9-16(13-21(20)33-2)25-22-23(18-5-3-4-6-19(18)34-25)30-26-28-14-29-31(26)24(22)15-7-10-17(27)11-8-15/h3-14,24-25H,1-2H3,(H,28,29,30). The van der Waals surface area contributed by atoms with Crippen molar-refractivity contribution >= 4 is 11.6 Å². The summed E-state index contributed by atoms with van der Waals surface area (Å²) in [6, 6.07) is 19.7. The van der Waals surface area contributed by atoms with Gasteiger partial charge in [0.25, 0.3) is 0 Å². The van der Waals surface area contributed by atoms with Crippen molar-refractivity contribution in [3.63, 3.8) is 0 Å². The highest BCUT2D eigenvalue weighted by Crippen LogP contribution is 2.51. The Morgan fingerprint density at radius 3 is 2.50 bits per heavy atom. The van der Waals surface area contributed by atoms with Gasteiger partial charge in [-0.1, -0.05) is 30.3 Å². The highest BCUT2D eigenvalue weighted by molar-refractivity contribution is 5.85. The molecule has 2 aliphatic rings. The number of hydrogen-bond acceptors (Lipinski definition) is 6. The van der Waals surface area contributed by atoms with Crippen molar-refractivity contribution in [1.29, 1.82) is 0 Å². The predicted octanol–water partition coefficient (Wildman–Crippen LogP) is 4.99. The number of hydrogen-bond donors (Lipinski definition) is 1. The van der Waals surface area contributed by atoms with Gasteiger partial charge in [-0.15, -0.1) is 0 Å². The number of ether oxygens (including phenoxy) is 3. The van der Waals surface area contributed by atoms with Gasteiger partial charge < -0.3 is 19.5 Å². The molecule has 0 amide bonds. The zero-order valence-corrected chi connectivity index (χ0v) is 18.5. The maximum absolute atomic E-state index is 13.8. The van der Waals surface area contributed by atoms with E-state index in [4.69, 9.17) is 14.2 Å². The number of aromatic nitrogens is 3. The van der Waals surface area contributed by atoms with Gasteiger partial charge in [0, 0.05) is 16.7 Å². The van der Waals surface area contributed by atoms with Crippen LogP contribution in [0, 0.1) is 5.82 Å². The van der Waals surface area contributed by atoms with E-state index < -0.39 is 6.10 Å². The maximum Gasteiger partial charge on any atom is 0.226 e. The van der Waals surface area contributed by atoms with Gasteiger partial charge >= 0.3 is 0 Å². The summed E-state index contributed by atoms with van der Waals surface area (Å²) < 4.78 is 33.2. The highest BCUT2D eigenvalue weighted by atomic mass is 19.1.